The first-order valence-corrected chi connectivity index (χ1v) is 6.97. The van der Waals surface area contributed by atoms with Gasteiger partial charge < -0.3 is 5.32 Å². The first-order valence-electron chi connectivity index (χ1n) is 5.74. The number of anilines is 1. The molecule has 0 aliphatic rings. The average Bonchev–Trinajstić information content (AvgIpc) is 2.32. The number of aryl methyl sites for hydroxylation is 1. The molecule has 3 nitrogen and oxygen atoms in total. The predicted molar refractivity (Wildman–Crippen MR) is 72.1 cm³/mol. The fourth-order valence-electron chi connectivity index (χ4n) is 1.64. The Morgan fingerprint density at radius 2 is 2.06 bits per heavy atom. The summed E-state index contributed by atoms with van der Waals surface area (Å²) in [6.45, 7) is 7.37. The van der Waals surface area contributed by atoms with Gasteiger partial charge in [0.15, 0.2) is 0 Å². The molecule has 0 radical (unpaired) electrons. The summed E-state index contributed by atoms with van der Waals surface area (Å²) in [6.07, 6.45) is 6.28. The lowest BCUT2D eigenvalue weighted by Crippen LogP contribution is -2.32. The Bertz CT molecular complexity index is 316. The molecule has 16 heavy (non-hydrogen) atoms. The number of aromatic nitrogens is 2. The van der Waals surface area contributed by atoms with Gasteiger partial charge in [-0.3, -0.25) is 0 Å². The Morgan fingerprint density at radius 3 is 2.56 bits per heavy atom. The second-order valence-electron chi connectivity index (χ2n) is 3.97. The van der Waals surface area contributed by atoms with Crippen molar-refractivity contribution in [2.45, 2.75) is 38.4 Å². The topological polar surface area (TPSA) is 37.8 Å². The molecule has 0 unspecified atom stereocenters. The monoisotopic (exact) mass is 239 g/mol. The second kappa shape index (κ2) is 6.09. The normalized spacial score (nSPS) is 11.5. The quantitative estimate of drug-likeness (QED) is 0.827. The maximum absolute atomic E-state index is 4.35. The summed E-state index contributed by atoms with van der Waals surface area (Å²) in [5.74, 6) is 0.736. The summed E-state index contributed by atoms with van der Waals surface area (Å²) in [7, 11) is 0. The molecule has 0 bridgehead atoms. The molecule has 1 aromatic heterocycles. The zero-order valence-electron chi connectivity index (χ0n) is 10.6. The van der Waals surface area contributed by atoms with Crippen molar-refractivity contribution < 1.29 is 0 Å². The molecule has 0 fully saturated rings. The largest absolute Gasteiger partial charge is 0.353 e. The number of nitrogens with zero attached hydrogens (tertiary/aromatic N) is 2. The van der Waals surface area contributed by atoms with Gasteiger partial charge in [-0.1, -0.05) is 13.8 Å². The molecule has 0 saturated heterocycles. The van der Waals surface area contributed by atoms with Gasteiger partial charge in [0.25, 0.3) is 0 Å². The van der Waals surface area contributed by atoms with Gasteiger partial charge in [-0.2, -0.15) is 11.8 Å². The van der Waals surface area contributed by atoms with E-state index in [1.807, 2.05) is 24.8 Å². The summed E-state index contributed by atoms with van der Waals surface area (Å²) in [4.78, 5) is 8.56. The van der Waals surface area contributed by atoms with E-state index in [1.54, 1.807) is 6.20 Å². The van der Waals surface area contributed by atoms with Crippen molar-refractivity contribution in [3.63, 3.8) is 0 Å². The van der Waals surface area contributed by atoms with Gasteiger partial charge in [0.05, 0.1) is 0 Å². The standard InChI is InChI=1S/C12H21N3S/c1-5-12(6-2,16-4)9-14-11-13-8-7-10(3)15-11/h7-8H,5-6,9H2,1-4H3,(H,13,14,15). The van der Waals surface area contributed by atoms with Crippen LogP contribution in [0.1, 0.15) is 32.4 Å². The van der Waals surface area contributed by atoms with Crippen LogP contribution in [-0.4, -0.2) is 27.5 Å². The van der Waals surface area contributed by atoms with Crippen molar-refractivity contribution in [3.05, 3.63) is 18.0 Å². The van der Waals surface area contributed by atoms with Crippen molar-refractivity contribution in [1.29, 1.82) is 0 Å². The molecule has 4 heteroatoms. The summed E-state index contributed by atoms with van der Waals surface area (Å²) < 4.78 is 0.299. The van der Waals surface area contributed by atoms with Crippen molar-refractivity contribution in [2.24, 2.45) is 0 Å². The molecule has 0 aliphatic carbocycles. The van der Waals surface area contributed by atoms with Crippen LogP contribution >= 0.6 is 11.8 Å². The molecular formula is C12H21N3S. The molecule has 1 heterocycles. The lowest BCUT2D eigenvalue weighted by atomic mass is 10.0. The van der Waals surface area contributed by atoms with Crippen LogP contribution in [0.15, 0.2) is 12.3 Å². The predicted octanol–water partition coefficient (Wildman–Crippen LogP) is 3.12. The van der Waals surface area contributed by atoms with Crippen molar-refractivity contribution in [2.75, 3.05) is 18.1 Å². The van der Waals surface area contributed by atoms with Crippen molar-refractivity contribution in [1.82, 2.24) is 9.97 Å². The SMILES string of the molecule is CCC(CC)(CNc1nccc(C)n1)SC. The fourth-order valence-corrected chi connectivity index (χ4v) is 2.43. The Balaban J connectivity index is 2.62. The molecule has 0 amide bonds. The van der Waals surface area contributed by atoms with E-state index in [0.29, 0.717) is 4.75 Å². The van der Waals surface area contributed by atoms with Crippen LogP contribution in [0.3, 0.4) is 0 Å². The number of rotatable bonds is 6. The Kier molecular flexibility index (Phi) is 5.06. The van der Waals surface area contributed by atoms with E-state index in [9.17, 15) is 0 Å². The third-order valence-corrected chi connectivity index (χ3v) is 4.67. The van der Waals surface area contributed by atoms with E-state index in [4.69, 9.17) is 0 Å². The molecule has 1 aromatic rings. The molecule has 0 atom stereocenters. The van der Waals surface area contributed by atoms with Crippen LogP contribution in [0, 0.1) is 6.92 Å². The van der Waals surface area contributed by atoms with Gasteiger partial charge in [-0.05, 0) is 32.1 Å². The number of thioether (sulfide) groups is 1. The summed E-state index contributed by atoms with van der Waals surface area (Å²) in [5.41, 5.74) is 1.00. The van der Waals surface area contributed by atoms with Crippen molar-refractivity contribution in [3.8, 4) is 0 Å². The minimum absolute atomic E-state index is 0.299. The van der Waals surface area contributed by atoms with Gasteiger partial charge in [-0.15, -0.1) is 0 Å². The Hall–Kier alpha value is -0.770. The summed E-state index contributed by atoms with van der Waals surface area (Å²) in [5, 5.41) is 3.34. The zero-order valence-corrected chi connectivity index (χ0v) is 11.4. The summed E-state index contributed by atoms with van der Waals surface area (Å²) >= 11 is 1.92. The zero-order chi connectivity index (χ0) is 12.0. The molecule has 90 valence electrons. The highest BCUT2D eigenvalue weighted by molar-refractivity contribution is 8.00. The highest BCUT2D eigenvalue weighted by Crippen LogP contribution is 2.30. The average molecular weight is 239 g/mol. The fraction of sp³-hybridized carbons (Fsp3) is 0.667. The molecule has 0 spiro atoms. The molecule has 0 saturated carbocycles. The molecule has 0 aromatic carbocycles. The van der Waals surface area contributed by atoms with Gasteiger partial charge in [0, 0.05) is 23.2 Å². The molecule has 0 aliphatic heterocycles. The molecule has 1 N–H and O–H groups in total. The van der Waals surface area contributed by atoms with Crippen LogP contribution in [0.2, 0.25) is 0 Å². The van der Waals surface area contributed by atoms with E-state index in [1.165, 1.54) is 0 Å². The maximum Gasteiger partial charge on any atom is 0.222 e. The van der Waals surface area contributed by atoms with Gasteiger partial charge in [0.2, 0.25) is 5.95 Å². The number of nitrogens with one attached hydrogen (secondary N) is 1. The van der Waals surface area contributed by atoms with E-state index >= 15 is 0 Å². The highest BCUT2D eigenvalue weighted by Gasteiger charge is 2.24. The van der Waals surface area contributed by atoms with E-state index in [2.05, 4.69) is 35.4 Å². The van der Waals surface area contributed by atoms with E-state index in [-0.39, 0.29) is 0 Å². The minimum Gasteiger partial charge on any atom is -0.353 e. The smallest absolute Gasteiger partial charge is 0.222 e. The maximum atomic E-state index is 4.35. The highest BCUT2D eigenvalue weighted by atomic mass is 32.2. The molecule has 1 rings (SSSR count). The summed E-state index contributed by atoms with van der Waals surface area (Å²) in [6, 6.07) is 1.91. The number of hydrogen-bond acceptors (Lipinski definition) is 4. The second-order valence-corrected chi connectivity index (χ2v) is 5.24. The van der Waals surface area contributed by atoms with Crippen molar-refractivity contribution >= 4 is 17.7 Å². The minimum atomic E-state index is 0.299. The first-order chi connectivity index (χ1) is 7.65. The first kappa shape index (κ1) is 13.3. The lowest BCUT2D eigenvalue weighted by molar-refractivity contribution is 0.573. The number of hydrogen-bond donors (Lipinski definition) is 1. The third-order valence-electron chi connectivity index (χ3n) is 3.09. The Labute approximate surface area is 102 Å². The van der Waals surface area contributed by atoms with Crippen LogP contribution in [-0.2, 0) is 0 Å². The van der Waals surface area contributed by atoms with Gasteiger partial charge >= 0.3 is 0 Å². The van der Waals surface area contributed by atoms with Gasteiger partial charge in [-0.25, -0.2) is 9.97 Å². The van der Waals surface area contributed by atoms with Gasteiger partial charge in [0.1, 0.15) is 0 Å². The van der Waals surface area contributed by atoms with E-state index in [0.717, 1.165) is 31.0 Å². The Morgan fingerprint density at radius 1 is 1.38 bits per heavy atom. The van der Waals surface area contributed by atoms with Crippen LogP contribution in [0.4, 0.5) is 5.95 Å². The van der Waals surface area contributed by atoms with Crippen LogP contribution in [0.25, 0.3) is 0 Å². The lowest BCUT2D eigenvalue weighted by Gasteiger charge is -2.29. The van der Waals surface area contributed by atoms with E-state index < -0.39 is 0 Å². The molecular weight excluding hydrogens is 218 g/mol. The van der Waals surface area contributed by atoms with Crippen LogP contribution < -0.4 is 5.32 Å². The van der Waals surface area contributed by atoms with Crippen LogP contribution in [0.5, 0.6) is 0 Å². The third kappa shape index (κ3) is 3.37.